The molecule has 13 heavy (non-hydrogen) atoms. The van der Waals surface area contributed by atoms with Crippen molar-refractivity contribution >= 4 is 5.97 Å². The zero-order chi connectivity index (χ0) is 9.26. The molecule has 0 aromatic heterocycles. The minimum Gasteiger partial charge on any atom is -0.480 e. The summed E-state index contributed by atoms with van der Waals surface area (Å²) in [6, 6.07) is 0.319. The van der Waals surface area contributed by atoms with Gasteiger partial charge in [0, 0.05) is 12.6 Å². The summed E-state index contributed by atoms with van der Waals surface area (Å²) in [5, 5.41) is 12.2. The number of likely N-dealkylation sites (tertiary alicyclic amines) is 1. The van der Waals surface area contributed by atoms with Crippen molar-refractivity contribution in [2.24, 2.45) is 0 Å². The Hall–Kier alpha value is -0.610. The van der Waals surface area contributed by atoms with E-state index in [9.17, 15) is 4.79 Å². The maximum absolute atomic E-state index is 10.8. The first kappa shape index (κ1) is 8.97. The molecule has 0 radical (unpaired) electrons. The fourth-order valence-electron chi connectivity index (χ4n) is 2.25. The first-order valence-corrected chi connectivity index (χ1v) is 4.98. The summed E-state index contributed by atoms with van der Waals surface area (Å²) in [4.78, 5) is 12.9. The van der Waals surface area contributed by atoms with Crippen LogP contribution in [0.4, 0.5) is 0 Å². The highest BCUT2D eigenvalue weighted by Crippen LogP contribution is 2.24. The molecular weight excluding hydrogens is 168 g/mol. The quantitative estimate of drug-likeness (QED) is 0.629. The maximum atomic E-state index is 10.8. The standard InChI is InChI=1S/C9H16N2O2/c12-9(13)8-3-6-11(8)7-1-4-10-5-2-7/h7-8,10H,1-6H2,(H,12,13). The number of carbonyl (C=O) groups is 1. The molecule has 74 valence electrons. The van der Waals surface area contributed by atoms with Gasteiger partial charge in [-0.05, 0) is 32.4 Å². The molecule has 2 aliphatic rings. The van der Waals surface area contributed by atoms with Gasteiger partial charge in [0.15, 0.2) is 0 Å². The predicted octanol–water partition coefficient (Wildman–Crippen LogP) is -0.103. The Morgan fingerprint density at radius 3 is 2.46 bits per heavy atom. The van der Waals surface area contributed by atoms with E-state index in [1.807, 2.05) is 0 Å². The molecule has 0 aliphatic carbocycles. The van der Waals surface area contributed by atoms with Gasteiger partial charge in [-0.2, -0.15) is 0 Å². The van der Waals surface area contributed by atoms with E-state index in [0.717, 1.165) is 38.9 Å². The SMILES string of the molecule is O=C(O)C1CCN1C1CCNCC1. The summed E-state index contributed by atoms with van der Waals surface area (Å²) in [6.45, 7) is 3.04. The Morgan fingerprint density at radius 2 is 2.00 bits per heavy atom. The molecular formula is C9H16N2O2. The van der Waals surface area contributed by atoms with Gasteiger partial charge < -0.3 is 10.4 Å². The summed E-state index contributed by atoms with van der Waals surface area (Å²) in [5.41, 5.74) is 0. The third-order valence-corrected chi connectivity index (χ3v) is 3.12. The third-order valence-electron chi connectivity index (χ3n) is 3.12. The molecule has 2 heterocycles. The number of nitrogens with zero attached hydrogens (tertiary/aromatic N) is 1. The zero-order valence-corrected chi connectivity index (χ0v) is 7.70. The van der Waals surface area contributed by atoms with Gasteiger partial charge >= 0.3 is 5.97 Å². The summed E-state index contributed by atoms with van der Waals surface area (Å²) in [5.74, 6) is -0.648. The minimum atomic E-state index is -0.648. The summed E-state index contributed by atoms with van der Waals surface area (Å²) >= 11 is 0. The molecule has 2 saturated heterocycles. The number of rotatable bonds is 2. The maximum Gasteiger partial charge on any atom is 0.320 e. The molecule has 2 aliphatic heterocycles. The van der Waals surface area contributed by atoms with E-state index in [4.69, 9.17) is 5.11 Å². The van der Waals surface area contributed by atoms with Gasteiger partial charge in [0.1, 0.15) is 6.04 Å². The fraction of sp³-hybridized carbons (Fsp3) is 0.889. The zero-order valence-electron chi connectivity index (χ0n) is 7.70. The smallest absolute Gasteiger partial charge is 0.320 e. The van der Waals surface area contributed by atoms with Crippen LogP contribution >= 0.6 is 0 Å². The Kier molecular flexibility index (Phi) is 2.51. The lowest BCUT2D eigenvalue weighted by molar-refractivity contribution is -0.150. The number of hydrogen-bond acceptors (Lipinski definition) is 3. The van der Waals surface area contributed by atoms with Crippen molar-refractivity contribution in [3.63, 3.8) is 0 Å². The molecule has 2 rings (SSSR count). The van der Waals surface area contributed by atoms with Gasteiger partial charge in [-0.1, -0.05) is 0 Å². The largest absolute Gasteiger partial charge is 0.480 e. The topological polar surface area (TPSA) is 52.6 Å². The summed E-state index contributed by atoms with van der Waals surface area (Å²) in [6.07, 6.45) is 3.03. The summed E-state index contributed by atoms with van der Waals surface area (Å²) in [7, 11) is 0. The van der Waals surface area contributed by atoms with Crippen molar-refractivity contribution in [2.45, 2.75) is 31.3 Å². The van der Waals surface area contributed by atoms with Crippen molar-refractivity contribution < 1.29 is 9.90 Å². The van der Waals surface area contributed by atoms with E-state index in [2.05, 4.69) is 10.2 Å². The number of carboxylic acids is 1. The van der Waals surface area contributed by atoms with Crippen LogP contribution in [0.15, 0.2) is 0 Å². The molecule has 2 N–H and O–H groups in total. The molecule has 4 nitrogen and oxygen atoms in total. The van der Waals surface area contributed by atoms with Crippen LogP contribution in [0.1, 0.15) is 19.3 Å². The second kappa shape index (κ2) is 3.64. The van der Waals surface area contributed by atoms with Crippen LogP contribution < -0.4 is 5.32 Å². The molecule has 0 aromatic rings. The Balaban J connectivity index is 1.89. The second-order valence-corrected chi connectivity index (χ2v) is 3.86. The van der Waals surface area contributed by atoms with E-state index in [1.165, 1.54) is 0 Å². The fourth-order valence-corrected chi connectivity index (χ4v) is 2.25. The van der Waals surface area contributed by atoms with Gasteiger partial charge in [-0.3, -0.25) is 9.69 Å². The predicted molar refractivity (Wildman–Crippen MR) is 48.6 cm³/mol. The normalized spacial score (nSPS) is 31.2. The van der Waals surface area contributed by atoms with Gasteiger partial charge in [0.25, 0.3) is 0 Å². The molecule has 4 heteroatoms. The van der Waals surface area contributed by atoms with Crippen LogP contribution in [-0.4, -0.2) is 47.7 Å². The van der Waals surface area contributed by atoms with Crippen LogP contribution in [-0.2, 0) is 4.79 Å². The molecule has 0 bridgehead atoms. The molecule has 0 amide bonds. The lowest BCUT2D eigenvalue weighted by Crippen LogP contribution is -2.58. The monoisotopic (exact) mass is 184 g/mol. The van der Waals surface area contributed by atoms with Gasteiger partial charge in [-0.15, -0.1) is 0 Å². The molecule has 1 atom stereocenters. The van der Waals surface area contributed by atoms with Crippen molar-refractivity contribution in [1.29, 1.82) is 0 Å². The van der Waals surface area contributed by atoms with E-state index in [1.54, 1.807) is 0 Å². The molecule has 1 unspecified atom stereocenters. The first-order valence-electron chi connectivity index (χ1n) is 4.98. The van der Waals surface area contributed by atoms with Crippen LogP contribution in [0.5, 0.6) is 0 Å². The number of carboxylic acid groups (broad SMARTS) is 1. The third kappa shape index (κ3) is 1.69. The number of aliphatic carboxylic acids is 1. The van der Waals surface area contributed by atoms with E-state index in [0.29, 0.717) is 6.04 Å². The van der Waals surface area contributed by atoms with Crippen molar-refractivity contribution in [3.8, 4) is 0 Å². The van der Waals surface area contributed by atoms with Crippen LogP contribution in [0.2, 0.25) is 0 Å². The average Bonchev–Trinajstić information content (AvgIpc) is 2.02. The van der Waals surface area contributed by atoms with Crippen molar-refractivity contribution in [1.82, 2.24) is 10.2 Å². The molecule has 0 spiro atoms. The molecule has 2 fully saturated rings. The van der Waals surface area contributed by atoms with E-state index >= 15 is 0 Å². The highest BCUT2D eigenvalue weighted by molar-refractivity contribution is 5.74. The number of hydrogen-bond donors (Lipinski definition) is 2. The van der Waals surface area contributed by atoms with Gasteiger partial charge in [0.05, 0.1) is 0 Å². The lowest BCUT2D eigenvalue weighted by atomic mass is 9.95. The van der Waals surface area contributed by atoms with Crippen molar-refractivity contribution in [3.05, 3.63) is 0 Å². The van der Waals surface area contributed by atoms with Crippen LogP contribution in [0, 0.1) is 0 Å². The highest BCUT2D eigenvalue weighted by Gasteiger charge is 2.38. The first-order chi connectivity index (χ1) is 6.29. The highest BCUT2D eigenvalue weighted by atomic mass is 16.4. The Labute approximate surface area is 77.9 Å². The van der Waals surface area contributed by atoms with Gasteiger partial charge in [0.2, 0.25) is 0 Å². The number of piperidine rings is 1. The number of nitrogens with one attached hydrogen (secondary N) is 1. The van der Waals surface area contributed by atoms with Gasteiger partial charge in [-0.25, -0.2) is 0 Å². The molecule has 0 saturated carbocycles. The molecule has 0 aromatic carbocycles. The van der Waals surface area contributed by atoms with E-state index < -0.39 is 5.97 Å². The average molecular weight is 184 g/mol. The van der Waals surface area contributed by atoms with Crippen molar-refractivity contribution in [2.75, 3.05) is 19.6 Å². The lowest BCUT2D eigenvalue weighted by Gasteiger charge is -2.45. The van der Waals surface area contributed by atoms with Crippen LogP contribution in [0.25, 0.3) is 0 Å². The van der Waals surface area contributed by atoms with E-state index in [-0.39, 0.29) is 6.04 Å². The summed E-state index contributed by atoms with van der Waals surface area (Å²) < 4.78 is 0. The van der Waals surface area contributed by atoms with Crippen LogP contribution in [0.3, 0.4) is 0 Å². The minimum absolute atomic E-state index is 0.192. The Bertz CT molecular complexity index is 202. The Morgan fingerprint density at radius 1 is 1.31 bits per heavy atom. The second-order valence-electron chi connectivity index (χ2n) is 3.86.